The molecule has 140 valence electrons. The van der Waals surface area contributed by atoms with Crippen molar-refractivity contribution in [3.05, 3.63) is 52.7 Å². The van der Waals surface area contributed by atoms with E-state index in [1.807, 2.05) is 26.0 Å². The van der Waals surface area contributed by atoms with Crippen LogP contribution in [0.15, 0.2) is 36.5 Å². The molecule has 1 aromatic heterocycles. The highest BCUT2D eigenvalue weighted by Gasteiger charge is 2.12. The molecule has 0 fully saturated rings. The maximum Gasteiger partial charge on any atom is 0.249 e. The molecule has 0 spiro atoms. The molecule has 0 amide bonds. The van der Waals surface area contributed by atoms with Gasteiger partial charge in [0.05, 0.1) is 31.1 Å². The molecule has 0 unspecified atom stereocenters. The van der Waals surface area contributed by atoms with E-state index in [4.69, 9.17) is 21.1 Å². The summed E-state index contributed by atoms with van der Waals surface area (Å²) in [6, 6.07) is 9.51. The van der Waals surface area contributed by atoms with Crippen molar-refractivity contribution in [2.24, 2.45) is 0 Å². The molecule has 2 aromatic carbocycles. The minimum absolute atomic E-state index is 0.381. The molecular weight excluding hydrogens is 366 g/mol. The first-order chi connectivity index (χ1) is 13.0. The van der Waals surface area contributed by atoms with Crippen LogP contribution in [0.1, 0.15) is 11.1 Å². The first-order valence-corrected chi connectivity index (χ1v) is 8.60. The number of methoxy groups -OCH3 is 2. The van der Waals surface area contributed by atoms with Gasteiger partial charge in [-0.2, -0.15) is 10.1 Å². The number of nitrogens with one attached hydrogen (secondary N) is 2. The van der Waals surface area contributed by atoms with Gasteiger partial charge in [-0.3, -0.25) is 0 Å². The summed E-state index contributed by atoms with van der Waals surface area (Å²) in [7, 11) is 3.12. The lowest BCUT2D eigenvalue weighted by Crippen LogP contribution is -2.04. The molecule has 3 aromatic rings. The van der Waals surface area contributed by atoms with Crippen LogP contribution in [0, 0.1) is 13.8 Å². The van der Waals surface area contributed by atoms with Crippen molar-refractivity contribution in [2.45, 2.75) is 13.8 Å². The van der Waals surface area contributed by atoms with Gasteiger partial charge in [0.1, 0.15) is 11.5 Å². The second-order valence-corrected chi connectivity index (χ2v) is 6.33. The highest BCUT2D eigenvalue weighted by molar-refractivity contribution is 6.32. The van der Waals surface area contributed by atoms with Crippen LogP contribution in [0.4, 0.5) is 23.1 Å². The predicted octanol–water partition coefficient (Wildman–Crippen LogP) is 4.65. The summed E-state index contributed by atoms with van der Waals surface area (Å²) in [5.74, 6) is 1.96. The smallest absolute Gasteiger partial charge is 0.249 e. The van der Waals surface area contributed by atoms with Crippen LogP contribution in [-0.4, -0.2) is 29.4 Å². The van der Waals surface area contributed by atoms with Gasteiger partial charge in [0.15, 0.2) is 5.82 Å². The van der Waals surface area contributed by atoms with Gasteiger partial charge in [0.25, 0.3) is 0 Å². The molecule has 1 heterocycles. The highest BCUT2D eigenvalue weighted by Crippen LogP contribution is 2.37. The number of rotatable bonds is 6. The summed E-state index contributed by atoms with van der Waals surface area (Å²) in [5.41, 5.74) is 3.86. The minimum Gasteiger partial charge on any atom is -0.495 e. The van der Waals surface area contributed by atoms with Crippen molar-refractivity contribution in [1.82, 2.24) is 15.2 Å². The molecule has 7 nitrogen and oxygen atoms in total. The molecule has 0 aliphatic carbocycles. The van der Waals surface area contributed by atoms with E-state index in [-0.39, 0.29) is 0 Å². The molecule has 0 atom stereocenters. The van der Waals surface area contributed by atoms with Crippen LogP contribution in [0.5, 0.6) is 11.5 Å². The first-order valence-electron chi connectivity index (χ1n) is 8.22. The van der Waals surface area contributed by atoms with E-state index in [1.54, 1.807) is 26.4 Å². The lowest BCUT2D eigenvalue weighted by Gasteiger charge is -2.14. The number of hydrogen-bond acceptors (Lipinski definition) is 7. The third-order valence-electron chi connectivity index (χ3n) is 3.92. The Kier molecular flexibility index (Phi) is 5.61. The number of benzene rings is 2. The second-order valence-electron chi connectivity index (χ2n) is 5.92. The molecule has 0 saturated heterocycles. The van der Waals surface area contributed by atoms with Crippen molar-refractivity contribution >= 4 is 34.7 Å². The van der Waals surface area contributed by atoms with Crippen LogP contribution in [-0.2, 0) is 0 Å². The molecular formula is C19H20ClN5O2. The fourth-order valence-corrected chi connectivity index (χ4v) is 2.82. The fourth-order valence-electron chi connectivity index (χ4n) is 2.59. The van der Waals surface area contributed by atoms with Gasteiger partial charge in [0.2, 0.25) is 5.95 Å². The van der Waals surface area contributed by atoms with Crippen LogP contribution in [0.2, 0.25) is 5.02 Å². The van der Waals surface area contributed by atoms with E-state index in [9.17, 15) is 0 Å². The Morgan fingerprint density at radius 2 is 1.70 bits per heavy atom. The van der Waals surface area contributed by atoms with Gasteiger partial charge in [-0.25, -0.2) is 0 Å². The van der Waals surface area contributed by atoms with Gasteiger partial charge >= 0.3 is 0 Å². The molecule has 0 saturated carbocycles. The predicted molar refractivity (Wildman–Crippen MR) is 107 cm³/mol. The molecule has 27 heavy (non-hydrogen) atoms. The van der Waals surface area contributed by atoms with Crippen LogP contribution < -0.4 is 20.1 Å². The Balaban J connectivity index is 1.86. The van der Waals surface area contributed by atoms with Gasteiger partial charge in [-0.15, -0.1) is 5.10 Å². The number of hydrogen-bond donors (Lipinski definition) is 2. The van der Waals surface area contributed by atoms with Crippen LogP contribution in [0.3, 0.4) is 0 Å². The number of ether oxygens (including phenoxy) is 2. The van der Waals surface area contributed by atoms with Crippen molar-refractivity contribution in [3.63, 3.8) is 0 Å². The molecule has 0 bridgehead atoms. The summed E-state index contributed by atoms with van der Waals surface area (Å²) in [6.45, 7) is 4.07. The van der Waals surface area contributed by atoms with Crippen LogP contribution in [0.25, 0.3) is 0 Å². The summed E-state index contributed by atoms with van der Waals surface area (Å²) in [5, 5.41) is 14.8. The first kappa shape index (κ1) is 18.7. The third kappa shape index (κ3) is 4.38. The third-order valence-corrected chi connectivity index (χ3v) is 4.22. The van der Waals surface area contributed by atoms with Gasteiger partial charge in [-0.05, 0) is 25.5 Å². The van der Waals surface area contributed by atoms with Crippen molar-refractivity contribution in [2.75, 3.05) is 24.9 Å². The van der Waals surface area contributed by atoms with Crippen molar-refractivity contribution in [3.8, 4) is 11.5 Å². The summed E-state index contributed by atoms with van der Waals surface area (Å²) >= 11 is 6.14. The second kappa shape index (κ2) is 8.09. The van der Waals surface area contributed by atoms with Gasteiger partial charge in [0, 0.05) is 17.8 Å². The minimum atomic E-state index is 0.381. The van der Waals surface area contributed by atoms with E-state index in [2.05, 4.69) is 31.9 Å². The van der Waals surface area contributed by atoms with Crippen molar-refractivity contribution in [1.29, 1.82) is 0 Å². The Bertz CT molecular complexity index is 965. The standard InChI is InChI=1S/C19H20ClN5O2/c1-11-5-6-14(12(2)7-11)23-19-24-18(10-21-25-19)22-15-9-16(26-3)13(20)8-17(15)27-4/h5-10H,1-4H3,(H2,22,23,24,25). The molecule has 8 heteroatoms. The Hall–Kier alpha value is -3.06. The van der Waals surface area contributed by atoms with E-state index >= 15 is 0 Å². The van der Waals surface area contributed by atoms with Crippen molar-refractivity contribution < 1.29 is 9.47 Å². The van der Waals surface area contributed by atoms with E-state index < -0.39 is 0 Å². The van der Waals surface area contributed by atoms with Gasteiger partial charge < -0.3 is 20.1 Å². The molecule has 2 N–H and O–H groups in total. The average molecular weight is 386 g/mol. The number of anilines is 4. The average Bonchev–Trinajstić information content (AvgIpc) is 2.65. The maximum atomic E-state index is 6.14. The summed E-state index contributed by atoms with van der Waals surface area (Å²) < 4.78 is 10.6. The molecule has 3 rings (SSSR count). The summed E-state index contributed by atoms with van der Waals surface area (Å²) in [4.78, 5) is 4.45. The fraction of sp³-hybridized carbons (Fsp3) is 0.211. The Labute approximate surface area is 162 Å². The summed E-state index contributed by atoms with van der Waals surface area (Å²) in [6.07, 6.45) is 1.52. The monoisotopic (exact) mass is 385 g/mol. The zero-order valence-corrected chi connectivity index (χ0v) is 16.3. The lowest BCUT2D eigenvalue weighted by atomic mass is 10.1. The highest BCUT2D eigenvalue weighted by atomic mass is 35.5. The Morgan fingerprint density at radius 3 is 2.41 bits per heavy atom. The van der Waals surface area contributed by atoms with E-state index in [1.165, 1.54) is 11.8 Å². The van der Waals surface area contributed by atoms with E-state index in [0.717, 1.165) is 11.3 Å². The van der Waals surface area contributed by atoms with E-state index in [0.29, 0.717) is 34.0 Å². The molecule has 0 aliphatic heterocycles. The number of nitrogens with zero attached hydrogens (tertiary/aromatic N) is 3. The number of aryl methyl sites for hydroxylation is 2. The Morgan fingerprint density at radius 1 is 0.926 bits per heavy atom. The molecule has 0 radical (unpaired) electrons. The zero-order valence-electron chi connectivity index (χ0n) is 15.5. The SMILES string of the molecule is COc1cc(Nc2cnnc(Nc3ccc(C)cc3C)n2)c(OC)cc1Cl. The normalized spacial score (nSPS) is 10.4. The maximum absolute atomic E-state index is 6.14. The lowest BCUT2D eigenvalue weighted by molar-refractivity contribution is 0.405. The number of halogens is 1. The molecule has 0 aliphatic rings. The van der Waals surface area contributed by atoms with Crippen LogP contribution >= 0.6 is 11.6 Å². The topological polar surface area (TPSA) is 81.2 Å². The van der Waals surface area contributed by atoms with Gasteiger partial charge in [-0.1, -0.05) is 29.3 Å². The quantitative estimate of drug-likeness (QED) is 0.639. The largest absolute Gasteiger partial charge is 0.495 e. The zero-order chi connectivity index (χ0) is 19.4. The number of aromatic nitrogens is 3.